The summed E-state index contributed by atoms with van der Waals surface area (Å²) in [5, 5.41) is 4.07. The SMILES string of the molecule is Cc1ccc(F)c(C(NN)c2cnn(C)c2C)c1F. The van der Waals surface area contributed by atoms with Gasteiger partial charge in [0.1, 0.15) is 11.6 Å². The number of benzene rings is 1. The molecule has 0 saturated heterocycles. The molecule has 19 heavy (non-hydrogen) atoms. The van der Waals surface area contributed by atoms with E-state index in [2.05, 4.69) is 10.5 Å². The molecule has 0 saturated carbocycles. The minimum absolute atomic E-state index is 0.0846. The van der Waals surface area contributed by atoms with Crippen molar-refractivity contribution < 1.29 is 8.78 Å². The van der Waals surface area contributed by atoms with E-state index >= 15 is 0 Å². The second-order valence-corrected chi connectivity index (χ2v) is 4.50. The molecule has 1 atom stereocenters. The van der Waals surface area contributed by atoms with Gasteiger partial charge in [0.05, 0.1) is 12.2 Å². The quantitative estimate of drug-likeness (QED) is 0.658. The van der Waals surface area contributed by atoms with Gasteiger partial charge in [-0.25, -0.2) is 14.2 Å². The average molecular weight is 266 g/mol. The average Bonchev–Trinajstić information content (AvgIpc) is 2.71. The first-order valence-corrected chi connectivity index (χ1v) is 5.86. The van der Waals surface area contributed by atoms with Gasteiger partial charge in [0, 0.05) is 23.9 Å². The highest BCUT2D eigenvalue weighted by Crippen LogP contribution is 2.29. The number of aromatic nitrogens is 2. The van der Waals surface area contributed by atoms with Crippen LogP contribution in [0.1, 0.15) is 28.4 Å². The number of nitrogens with zero attached hydrogens (tertiary/aromatic N) is 2. The van der Waals surface area contributed by atoms with Crippen molar-refractivity contribution in [2.75, 3.05) is 0 Å². The topological polar surface area (TPSA) is 55.9 Å². The number of aryl methyl sites for hydroxylation is 2. The zero-order valence-electron chi connectivity index (χ0n) is 11.0. The molecule has 1 aromatic heterocycles. The Morgan fingerprint density at radius 3 is 2.53 bits per heavy atom. The van der Waals surface area contributed by atoms with E-state index in [1.807, 2.05) is 6.92 Å². The van der Waals surface area contributed by atoms with Crippen molar-refractivity contribution in [1.82, 2.24) is 15.2 Å². The van der Waals surface area contributed by atoms with Crippen molar-refractivity contribution in [2.45, 2.75) is 19.9 Å². The first-order chi connectivity index (χ1) is 8.97. The Hall–Kier alpha value is -1.79. The lowest BCUT2D eigenvalue weighted by Crippen LogP contribution is -2.31. The molecule has 4 nitrogen and oxygen atoms in total. The molecule has 6 heteroatoms. The smallest absolute Gasteiger partial charge is 0.134 e. The number of hydrogen-bond acceptors (Lipinski definition) is 3. The summed E-state index contributed by atoms with van der Waals surface area (Å²) in [6, 6.07) is 1.87. The maximum Gasteiger partial charge on any atom is 0.134 e. The lowest BCUT2D eigenvalue weighted by atomic mass is 9.97. The van der Waals surface area contributed by atoms with Gasteiger partial charge in [-0.2, -0.15) is 5.10 Å². The molecular weight excluding hydrogens is 250 g/mol. The van der Waals surface area contributed by atoms with Gasteiger partial charge in [-0.05, 0) is 25.5 Å². The highest BCUT2D eigenvalue weighted by molar-refractivity contribution is 5.37. The van der Waals surface area contributed by atoms with Crippen LogP contribution >= 0.6 is 0 Å². The van der Waals surface area contributed by atoms with E-state index < -0.39 is 17.7 Å². The first kappa shape index (κ1) is 13.6. The van der Waals surface area contributed by atoms with Crippen molar-refractivity contribution in [3.8, 4) is 0 Å². The lowest BCUT2D eigenvalue weighted by Gasteiger charge is -2.18. The van der Waals surface area contributed by atoms with Gasteiger partial charge in [-0.3, -0.25) is 10.5 Å². The van der Waals surface area contributed by atoms with Crippen LogP contribution in [0.3, 0.4) is 0 Å². The predicted octanol–water partition coefficient (Wildman–Crippen LogP) is 1.87. The van der Waals surface area contributed by atoms with Crippen LogP contribution in [0, 0.1) is 25.5 Å². The van der Waals surface area contributed by atoms with E-state index in [1.54, 1.807) is 24.9 Å². The van der Waals surface area contributed by atoms with Gasteiger partial charge in [0.25, 0.3) is 0 Å². The number of hydrogen-bond donors (Lipinski definition) is 2. The van der Waals surface area contributed by atoms with Gasteiger partial charge in [-0.1, -0.05) is 6.07 Å². The standard InChI is InChI=1S/C13H16F2N4/c1-7-4-5-10(14)11(12(7)15)13(18-16)9-6-17-19(3)8(9)2/h4-6,13,18H,16H2,1-3H3. The first-order valence-electron chi connectivity index (χ1n) is 5.86. The van der Waals surface area contributed by atoms with E-state index in [1.165, 1.54) is 12.1 Å². The summed E-state index contributed by atoms with van der Waals surface area (Å²) >= 11 is 0. The Morgan fingerprint density at radius 1 is 1.32 bits per heavy atom. The second-order valence-electron chi connectivity index (χ2n) is 4.50. The minimum Gasteiger partial charge on any atom is -0.273 e. The van der Waals surface area contributed by atoms with Crippen molar-refractivity contribution in [3.63, 3.8) is 0 Å². The van der Waals surface area contributed by atoms with Crippen molar-refractivity contribution >= 4 is 0 Å². The van der Waals surface area contributed by atoms with Crippen molar-refractivity contribution in [1.29, 1.82) is 0 Å². The molecule has 1 unspecified atom stereocenters. The molecule has 3 N–H and O–H groups in total. The molecule has 0 aliphatic carbocycles. The molecule has 1 heterocycles. The number of nitrogens with one attached hydrogen (secondary N) is 1. The van der Waals surface area contributed by atoms with Crippen LogP contribution in [0.4, 0.5) is 8.78 Å². The largest absolute Gasteiger partial charge is 0.273 e. The van der Waals surface area contributed by atoms with Crippen molar-refractivity contribution in [2.24, 2.45) is 12.9 Å². The Kier molecular flexibility index (Phi) is 3.64. The fourth-order valence-electron chi connectivity index (χ4n) is 2.07. The zero-order valence-corrected chi connectivity index (χ0v) is 11.0. The molecule has 0 aliphatic heterocycles. The summed E-state index contributed by atoms with van der Waals surface area (Å²) in [7, 11) is 1.76. The van der Waals surface area contributed by atoms with Crippen LogP contribution in [0.2, 0.25) is 0 Å². The normalized spacial score (nSPS) is 12.7. The third-order valence-electron chi connectivity index (χ3n) is 3.36. The Morgan fingerprint density at radius 2 is 2.00 bits per heavy atom. The highest BCUT2D eigenvalue weighted by atomic mass is 19.1. The molecule has 102 valence electrons. The number of halogens is 2. The summed E-state index contributed by atoms with van der Waals surface area (Å²) in [5.41, 5.74) is 4.19. The van der Waals surface area contributed by atoms with E-state index in [4.69, 9.17) is 5.84 Å². The zero-order chi connectivity index (χ0) is 14.2. The van der Waals surface area contributed by atoms with Gasteiger partial charge in [0.2, 0.25) is 0 Å². The molecule has 0 amide bonds. The molecule has 0 bridgehead atoms. The molecular formula is C13H16F2N4. The van der Waals surface area contributed by atoms with Crippen LogP contribution in [0.15, 0.2) is 18.3 Å². The molecule has 0 radical (unpaired) electrons. The van der Waals surface area contributed by atoms with E-state index in [0.717, 1.165) is 5.69 Å². The lowest BCUT2D eigenvalue weighted by molar-refractivity contribution is 0.505. The van der Waals surface area contributed by atoms with Gasteiger partial charge >= 0.3 is 0 Å². The maximum absolute atomic E-state index is 14.2. The van der Waals surface area contributed by atoms with Crippen LogP contribution < -0.4 is 11.3 Å². The molecule has 2 aromatic rings. The Balaban J connectivity index is 2.61. The fourth-order valence-corrected chi connectivity index (χ4v) is 2.07. The van der Waals surface area contributed by atoms with E-state index in [0.29, 0.717) is 11.1 Å². The van der Waals surface area contributed by atoms with Crippen LogP contribution in [-0.2, 0) is 7.05 Å². The number of rotatable bonds is 3. The summed E-state index contributed by atoms with van der Waals surface area (Å²) in [4.78, 5) is 0. The summed E-state index contributed by atoms with van der Waals surface area (Å²) < 4.78 is 29.7. The van der Waals surface area contributed by atoms with Gasteiger partial charge < -0.3 is 0 Å². The Labute approximate surface area is 110 Å². The second kappa shape index (κ2) is 5.07. The highest BCUT2D eigenvalue weighted by Gasteiger charge is 2.25. The molecule has 1 aromatic carbocycles. The van der Waals surface area contributed by atoms with Crippen LogP contribution in [-0.4, -0.2) is 9.78 Å². The third kappa shape index (κ3) is 2.24. The van der Waals surface area contributed by atoms with Crippen LogP contribution in [0.5, 0.6) is 0 Å². The summed E-state index contributed by atoms with van der Waals surface area (Å²) in [5.74, 6) is 4.26. The number of nitrogens with two attached hydrogens (primary N) is 1. The fraction of sp³-hybridized carbons (Fsp3) is 0.308. The van der Waals surface area contributed by atoms with Gasteiger partial charge in [0.15, 0.2) is 0 Å². The van der Waals surface area contributed by atoms with E-state index in [-0.39, 0.29) is 5.56 Å². The molecule has 0 spiro atoms. The van der Waals surface area contributed by atoms with Crippen molar-refractivity contribution in [3.05, 3.63) is 52.3 Å². The summed E-state index contributed by atoms with van der Waals surface area (Å²) in [6.45, 7) is 3.40. The Bertz CT molecular complexity index is 607. The third-order valence-corrected chi connectivity index (χ3v) is 3.36. The molecule has 0 fully saturated rings. The van der Waals surface area contributed by atoms with E-state index in [9.17, 15) is 8.78 Å². The maximum atomic E-state index is 14.2. The van der Waals surface area contributed by atoms with Crippen LogP contribution in [0.25, 0.3) is 0 Å². The number of hydrazine groups is 1. The predicted molar refractivity (Wildman–Crippen MR) is 68.2 cm³/mol. The monoisotopic (exact) mass is 266 g/mol. The molecule has 2 rings (SSSR count). The molecule has 0 aliphatic rings. The van der Waals surface area contributed by atoms with Gasteiger partial charge in [-0.15, -0.1) is 0 Å². The minimum atomic E-state index is -0.770. The summed E-state index contributed by atoms with van der Waals surface area (Å²) in [6.07, 6.45) is 1.56.